The summed E-state index contributed by atoms with van der Waals surface area (Å²) in [5, 5.41) is 5.77. The molecule has 1 aromatic carbocycles. The van der Waals surface area contributed by atoms with Crippen molar-refractivity contribution in [3.8, 4) is 0 Å². The SMILES string of the molecule is CCc1ccc(NC(=O)CC(=O)NC2CCCCCC2)cc1. The van der Waals surface area contributed by atoms with Crippen LogP contribution < -0.4 is 10.6 Å². The van der Waals surface area contributed by atoms with E-state index in [-0.39, 0.29) is 24.3 Å². The second-order valence-electron chi connectivity index (χ2n) is 6.03. The van der Waals surface area contributed by atoms with Gasteiger partial charge in [-0.3, -0.25) is 9.59 Å². The fraction of sp³-hybridized carbons (Fsp3) is 0.556. The number of anilines is 1. The van der Waals surface area contributed by atoms with Crippen molar-refractivity contribution < 1.29 is 9.59 Å². The molecular weight excluding hydrogens is 276 g/mol. The predicted octanol–water partition coefficient (Wildman–Crippen LogP) is 3.42. The third kappa shape index (κ3) is 5.51. The lowest BCUT2D eigenvalue weighted by Crippen LogP contribution is -2.36. The molecule has 0 radical (unpaired) electrons. The molecule has 0 aromatic heterocycles. The highest BCUT2D eigenvalue weighted by Crippen LogP contribution is 2.17. The van der Waals surface area contributed by atoms with Crippen LogP contribution in [0, 0.1) is 0 Å². The van der Waals surface area contributed by atoms with E-state index in [9.17, 15) is 9.59 Å². The molecule has 4 nitrogen and oxygen atoms in total. The summed E-state index contributed by atoms with van der Waals surface area (Å²) in [4.78, 5) is 23.9. The average Bonchev–Trinajstić information content (AvgIpc) is 2.76. The zero-order valence-electron chi connectivity index (χ0n) is 13.4. The van der Waals surface area contributed by atoms with E-state index in [0.717, 1.165) is 24.9 Å². The predicted molar refractivity (Wildman–Crippen MR) is 88.7 cm³/mol. The van der Waals surface area contributed by atoms with Crippen LogP contribution in [0.1, 0.15) is 57.4 Å². The number of aryl methyl sites for hydroxylation is 1. The molecule has 1 fully saturated rings. The molecule has 0 bridgehead atoms. The third-order valence-corrected chi connectivity index (χ3v) is 4.19. The van der Waals surface area contributed by atoms with Crippen LogP contribution in [0.2, 0.25) is 0 Å². The van der Waals surface area contributed by atoms with E-state index in [2.05, 4.69) is 17.6 Å². The molecule has 0 saturated heterocycles. The van der Waals surface area contributed by atoms with Gasteiger partial charge < -0.3 is 10.6 Å². The first-order valence-electron chi connectivity index (χ1n) is 8.35. The lowest BCUT2D eigenvalue weighted by atomic mass is 10.1. The summed E-state index contributed by atoms with van der Waals surface area (Å²) in [6, 6.07) is 7.97. The Morgan fingerprint density at radius 3 is 2.23 bits per heavy atom. The largest absolute Gasteiger partial charge is 0.353 e. The van der Waals surface area contributed by atoms with E-state index in [4.69, 9.17) is 0 Å². The Kier molecular flexibility index (Phi) is 6.44. The molecule has 1 aliphatic rings. The van der Waals surface area contributed by atoms with Crippen LogP contribution >= 0.6 is 0 Å². The van der Waals surface area contributed by atoms with Crippen molar-refractivity contribution in [2.24, 2.45) is 0 Å². The number of hydrogen-bond donors (Lipinski definition) is 2. The molecule has 0 atom stereocenters. The first-order chi connectivity index (χ1) is 10.7. The van der Waals surface area contributed by atoms with Gasteiger partial charge in [0.15, 0.2) is 0 Å². The van der Waals surface area contributed by atoms with Gasteiger partial charge in [-0.15, -0.1) is 0 Å². The molecule has 0 unspecified atom stereocenters. The molecule has 2 amide bonds. The molecular formula is C18H26N2O2. The van der Waals surface area contributed by atoms with Gasteiger partial charge in [0.2, 0.25) is 11.8 Å². The highest BCUT2D eigenvalue weighted by molar-refractivity contribution is 6.03. The molecule has 0 spiro atoms. The summed E-state index contributed by atoms with van der Waals surface area (Å²) in [5.74, 6) is -0.426. The van der Waals surface area contributed by atoms with E-state index in [0.29, 0.717) is 0 Å². The van der Waals surface area contributed by atoms with Gasteiger partial charge in [-0.1, -0.05) is 44.7 Å². The molecule has 0 heterocycles. The van der Waals surface area contributed by atoms with Crippen LogP contribution in [-0.4, -0.2) is 17.9 Å². The topological polar surface area (TPSA) is 58.2 Å². The Hall–Kier alpha value is -1.84. The number of hydrogen-bond acceptors (Lipinski definition) is 2. The van der Waals surface area contributed by atoms with E-state index in [1.807, 2.05) is 24.3 Å². The number of carbonyl (C=O) groups is 2. The average molecular weight is 302 g/mol. The number of nitrogens with one attached hydrogen (secondary N) is 2. The van der Waals surface area contributed by atoms with Gasteiger partial charge in [0.05, 0.1) is 0 Å². The normalized spacial score (nSPS) is 15.9. The van der Waals surface area contributed by atoms with Gasteiger partial charge in [-0.25, -0.2) is 0 Å². The van der Waals surface area contributed by atoms with Gasteiger partial charge in [-0.05, 0) is 37.0 Å². The van der Waals surface area contributed by atoms with E-state index >= 15 is 0 Å². The lowest BCUT2D eigenvalue weighted by Gasteiger charge is -2.16. The third-order valence-electron chi connectivity index (χ3n) is 4.19. The van der Waals surface area contributed by atoms with Crippen molar-refractivity contribution in [1.29, 1.82) is 0 Å². The van der Waals surface area contributed by atoms with Crippen LogP contribution in [0.25, 0.3) is 0 Å². The van der Waals surface area contributed by atoms with E-state index in [1.165, 1.54) is 31.2 Å². The zero-order chi connectivity index (χ0) is 15.8. The number of rotatable bonds is 5. The maximum absolute atomic E-state index is 12.0. The molecule has 1 saturated carbocycles. The summed E-state index contributed by atoms with van der Waals surface area (Å²) >= 11 is 0. The maximum atomic E-state index is 12.0. The summed E-state index contributed by atoms with van der Waals surface area (Å²) in [6.07, 6.45) is 7.77. The van der Waals surface area contributed by atoms with Crippen molar-refractivity contribution in [2.75, 3.05) is 5.32 Å². The number of amides is 2. The van der Waals surface area contributed by atoms with Crippen molar-refractivity contribution in [2.45, 2.75) is 64.3 Å². The molecule has 22 heavy (non-hydrogen) atoms. The molecule has 1 aliphatic carbocycles. The van der Waals surface area contributed by atoms with Gasteiger partial charge in [0.25, 0.3) is 0 Å². The summed E-state index contributed by atoms with van der Waals surface area (Å²) in [6.45, 7) is 2.09. The Labute approximate surface area is 132 Å². The van der Waals surface area contributed by atoms with Gasteiger partial charge in [0.1, 0.15) is 6.42 Å². The molecule has 2 rings (SSSR count). The van der Waals surface area contributed by atoms with Crippen molar-refractivity contribution in [3.63, 3.8) is 0 Å². The highest BCUT2D eigenvalue weighted by atomic mass is 16.2. The van der Waals surface area contributed by atoms with Crippen LogP contribution in [-0.2, 0) is 16.0 Å². The van der Waals surface area contributed by atoms with Crippen LogP contribution in [0.4, 0.5) is 5.69 Å². The first kappa shape index (κ1) is 16.5. The van der Waals surface area contributed by atoms with Crippen LogP contribution in [0.15, 0.2) is 24.3 Å². The summed E-state index contributed by atoms with van der Waals surface area (Å²) in [7, 11) is 0. The minimum atomic E-state index is -0.254. The second kappa shape index (κ2) is 8.57. The summed E-state index contributed by atoms with van der Waals surface area (Å²) in [5.41, 5.74) is 1.97. The van der Waals surface area contributed by atoms with Crippen molar-refractivity contribution in [3.05, 3.63) is 29.8 Å². The van der Waals surface area contributed by atoms with Gasteiger partial charge in [-0.2, -0.15) is 0 Å². The second-order valence-corrected chi connectivity index (χ2v) is 6.03. The maximum Gasteiger partial charge on any atom is 0.233 e. The first-order valence-corrected chi connectivity index (χ1v) is 8.35. The summed E-state index contributed by atoms with van der Waals surface area (Å²) < 4.78 is 0. The minimum Gasteiger partial charge on any atom is -0.353 e. The van der Waals surface area contributed by atoms with Crippen LogP contribution in [0.3, 0.4) is 0 Å². The van der Waals surface area contributed by atoms with E-state index in [1.54, 1.807) is 0 Å². The molecule has 2 N–H and O–H groups in total. The Morgan fingerprint density at radius 2 is 1.64 bits per heavy atom. The Morgan fingerprint density at radius 1 is 1.00 bits per heavy atom. The highest BCUT2D eigenvalue weighted by Gasteiger charge is 2.16. The number of benzene rings is 1. The standard InChI is InChI=1S/C18H26N2O2/c1-2-14-9-11-16(12-10-14)20-18(22)13-17(21)19-15-7-5-3-4-6-8-15/h9-12,15H,2-8,13H2,1H3,(H,19,21)(H,20,22). The monoisotopic (exact) mass is 302 g/mol. The molecule has 120 valence electrons. The fourth-order valence-electron chi connectivity index (χ4n) is 2.88. The molecule has 4 heteroatoms. The van der Waals surface area contributed by atoms with Gasteiger partial charge >= 0.3 is 0 Å². The Balaban J connectivity index is 1.76. The Bertz CT molecular complexity index is 488. The quantitative estimate of drug-likeness (QED) is 0.647. The molecule has 0 aliphatic heterocycles. The van der Waals surface area contributed by atoms with E-state index < -0.39 is 0 Å². The fourth-order valence-corrected chi connectivity index (χ4v) is 2.88. The lowest BCUT2D eigenvalue weighted by molar-refractivity contribution is -0.127. The van der Waals surface area contributed by atoms with Gasteiger partial charge in [0, 0.05) is 11.7 Å². The number of carbonyl (C=O) groups excluding carboxylic acids is 2. The van der Waals surface area contributed by atoms with Crippen molar-refractivity contribution in [1.82, 2.24) is 5.32 Å². The zero-order valence-corrected chi connectivity index (χ0v) is 13.4. The van der Waals surface area contributed by atoms with Crippen LogP contribution in [0.5, 0.6) is 0 Å². The minimum absolute atomic E-state index is 0.105. The molecule has 1 aromatic rings. The van der Waals surface area contributed by atoms with Crippen molar-refractivity contribution >= 4 is 17.5 Å². The smallest absolute Gasteiger partial charge is 0.233 e.